The van der Waals surface area contributed by atoms with Crippen LogP contribution in [0.1, 0.15) is 44.2 Å². The molecule has 1 aromatic carbocycles. The van der Waals surface area contributed by atoms with Crippen molar-refractivity contribution in [3.8, 4) is 0 Å². The van der Waals surface area contributed by atoms with E-state index in [4.69, 9.17) is 0 Å². The van der Waals surface area contributed by atoms with Gasteiger partial charge < -0.3 is 0 Å². The van der Waals surface area contributed by atoms with Gasteiger partial charge in [-0.1, -0.05) is 12.1 Å². The lowest BCUT2D eigenvalue weighted by atomic mass is 9.96. The molecule has 2 fully saturated rings. The van der Waals surface area contributed by atoms with E-state index in [1.54, 1.807) is 12.1 Å². The van der Waals surface area contributed by atoms with Crippen LogP contribution in [0.3, 0.4) is 0 Å². The molecule has 1 aromatic rings. The fourth-order valence-corrected chi connectivity index (χ4v) is 3.58. The second-order valence-electron chi connectivity index (χ2n) is 5.51. The third-order valence-electron chi connectivity index (χ3n) is 4.38. The van der Waals surface area contributed by atoms with E-state index in [1.807, 2.05) is 6.07 Å². The summed E-state index contributed by atoms with van der Waals surface area (Å²) in [6.07, 6.45) is 3.57. The highest BCUT2D eigenvalue weighted by atomic mass is 19.1. The number of hydrogen-bond acceptors (Lipinski definition) is 2. The zero-order chi connectivity index (χ0) is 12.7. The highest BCUT2D eigenvalue weighted by Gasteiger charge is 2.42. The predicted molar refractivity (Wildman–Crippen MR) is 67.7 cm³/mol. The molecule has 0 N–H and O–H groups in total. The molecule has 18 heavy (non-hydrogen) atoms. The lowest BCUT2D eigenvalue weighted by Gasteiger charge is -2.38. The summed E-state index contributed by atoms with van der Waals surface area (Å²) in [7, 11) is 0. The maximum Gasteiger partial charge on any atom is 0.136 e. The average molecular weight is 247 g/mol. The number of ketones is 1. The molecule has 0 radical (unpaired) electrons. The monoisotopic (exact) mass is 247 g/mol. The molecule has 2 bridgehead atoms. The largest absolute Gasteiger partial charge is 0.300 e. The maximum absolute atomic E-state index is 13.3. The Labute approximate surface area is 107 Å². The van der Waals surface area contributed by atoms with E-state index >= 15 is 0 Å². The van der Waals surface area contributed by atoms with E-state index < -0.39 is 0 Å². The minimum absolute atomic E-state index is 0.181. The fourth-order valence-electron chi connectivity index (χ4n) is 3.58. The van der Waals surface area contributed by atoms with Crippen LogP contribution in [0.4, 0.5) is 4.39 Å². The molecule has 0 saturated carbocycles. The van der Waals surface area contributed by atoms with Crippen LogP contribution in [0.15, 0.2) is 24.3 Å². The summed E-state index contributed by atoms with van der Waals surface area (Å²) in [6.45, 7) is 2.12. The molecule has 2 aliphatic heterocycles. The third kappa shape index (κ3) is 1.97. The van der Waals surface area contributed by atoms with Gasteiger partial charge in [0.1, 0.15) is 11.6 Å². The minimum Gasteiger partial charge on any atom is -0.300 e. The molecular weight excluding hydrogens is 229 g/mol. The summed E-state index contributed by atoms with van der Waals surface area (Å²) in [6, 6.07) is 7.77. The second-order valence-corrected chi connectivity index (χ2v) is 5.51. The number of benzene rings is 1. The summed E-state index contributed by atoms with van der Waals surface area (Å²) in [5.41, 5.74) is 1.02. The van der Waals surface area contributed by atoms with Crippen LogP contribution in [0, 0.1) is 5.82 Å². The lowest BCUT2D eigenvalue weighted by molar-refractivity contribution is -0.124. The molecule has 2 saturated heterocycles. The first-order valence-electron chi connectivity index (χ1n) is 6.70. The molecule has 2 aliphatic rings. The highest BCUT2D eigenvalue weighted by molar-refractivity contribution is 5.81. The summed E-state index contributed by atoms with van der Waals surface area (Å²) in [4.78, 5) is 14.0. The van der Waals surface area contributed by atoms with Gasteiger partial charge >= 0.3 is 0 Å². The number of piperidine rings is 1. The fraction of sp³-hybridized carbons (Fsp3) is 0.533. The Morgan fingerprint density at radius 3 is 2.56 bits per heavy atom. The molecule has 3 unspecified atom stereocenters. The zero-order valence-corrected chi connectivity index (χ0v) is 10.6. The van der Waals surface area contributed by atoms with Gasteiger partial charge in [-0.3, -0.25) is 9.69 Å². The Morgan fingerprint density at radius 1 is 1.28 bits per heavy atom. The van der Waals surface area contributed by atoms with E-state index in [9.17, 15) is 9.18 Å². The average Bonchev–Trinajstić information content (AvgIpc) is 2.61. The van der Waals surface area contributed by atoms with E-state index in [-0.39, 0.29) is 11.9 Å². The van der Waals surface area contributed by atoms with E-state index in [2.05, 4.69) is 11.8 Å². The van der Waals surface area contributed by atoms with E-state index in [0.717, 1.165) is 18.4 Å². The van der Waals surface area contributed by atoms with Crippen LogP contribution in [0.5, 0.6) is 0 Å². The minimum atomic E-state index is -0.181. The number of Topliss-reactive ketones (excluding diaryl/α,β-unsaturated/α-hetero) is 1. The van der Waals surface area contributed by atoms with E-state index in [1.165, 1.54) is 6.07 Å². The smallest absolute Gasteiger partial charge is 0.136 e. The topological polar surface area (TPSA) is 20.3 Å². The zero-order valence-electron chi connectivity index (χ0n) is 10.6. The van der Waals surface area contributed by atoms with Gasteiger partial charge in [0.15, 0.2) is 0 Å². The van der Waals surface area contributed by atoms with Crippen LogP contribution >= 0.6 is 0 Å². The third-order valence-corrected chi connectivity index (χ3v) is 4.38. The van der Waals surface area contributed by atoms with Crippen molar-refractivity contribution in [2.75, 3.05) is 0 Å². The molecule has 3 atom stereocenters. The molecular formula is C15H18FNO. The number of halogens is 1. The SMILES string of the molecule is CC(c1cccc(F)c1)N1C2CCC1CC(=O)C2. The van der Waals surface area contributed by atoms with Crippen molar-refractivity contribution in [2.24, 2.45) is 0 Å². The van der Waals surface area contributed by atoms with Gasteiger partial charge in [-0.15, -0.1) is 0 Å². The maximum atomic E-state index is 13.3. The van der Waals surface area contributed by atoms with Crippen LogP contribution in [-0.2, 0) is 4.79 Å². The molecule has 3 rings (SSSR count). The summed E-state index contributed by atoms with van der Waals surface area (Å²) in [5, 5.41) is 0. The van der Waals surface area contributed by atoms with Crippen molar-refractivity contribution in [3.05, 3.63) is 35.6 Å². The number of hydrogen-bond donors (Lipinski definition) is 0. The first-order chi connectivity index (χ1) is 8.65. The summed E-state index contributed by atoms with van der Waals surface area (Å²) >= 11 is 0. The molecule has 96 valence electrons. The van der Waals surface area contributed by atoms with Crippen LogP contribution < -0.4 is 0 Å². The number of rotatable bonds is 2. The van der Waals surface area contributed by atoms with Gasteiger partial charge in [-0.25, -0.2) is 4.39 Å². The molecule has 0 aromatic heterocycles. The molecule has 2 nitrogen and oxygen atoms in total. The van der Waals surface area contributed by atoms with Crippen LogP contribution in [0.25, 0.3) is 0 Å². The van der Waals surface area contributed by atoms with Gasteiger partial charge in [-0.2, -0.15) is 0 Å². The number of fused-ring (bicyclic) bond motifs is 2. The van der Waals surface area contributed by atoms with Crippen molar-refractivity contribution >= 4 is 5.78 Å². The van der Waals surface area contributed by atoms with Gasteiger partial charge in [0.2, 0.25) is 0 Å². The van der Waals surface area contributed by atoms with Gasteiger partial charge in [-0.05, 0) is 37.5 Å². The Kier molecular flexibility index (Phi) is 2.94. The van der Waals surface area contributed by atoms with Gasteiger partial charge in [0.25, 0.3) is 0 Å². The Bertz CT molecular complexity index is 457. The Hall–Kier alpha value is -1.22. The standard InChI is InChI=1S/C15H18FNO/c1-10(11-3-2-4-12(16)7-11)17-13-5-6-14(17)9-15(18)8-13/h2-4,7,10,13-14H,5-6,8-9H2,1H3. The molecule has 0 amide bonds. The van der Waals surface area contributed by atoms with Gasteiger partial charge in [0.05, 0.1) is 0 Å². The number of nitrogens with zero attached hydrogens (tertiary/aromatic N) is 1. The van der Waals surface area contributed by atoms with Crippen LogP contribution in [0.2, 0.25) is 0 Å². The van der Waals surface area contributed by atoms with Crippen molar-refractivity contribution in [3.63, 3.8) is 0 Å². The first kappa shape index (κ1) is 11.8. The number of carbonyl (C=O) groups excluding carboxylic acids is 1. The Morgan fingerprint density at radius 2 is 1.94 bits per heavy atom. The first-order valence-corrected chi connectivity index (χ1v) is 6.70. The summed E-state index contributed by atoms with van der Waals surface area (Å²) in [5.74, 6) is 0.213. The highest BCUT2D eigenvalue weighted by Crippen LogP contribution is 2.40. The Balaban J connectivity index is 1.85. The van der Waals surface area contributed by atoms with Gasteiger partial charge in [0, 0.05) is 31.0 Å². The van der Waals surface area contributed by atoms with Crippen molar-refractivity contribution in [1.82, 2.24) is 4.90 Å². The molecule has 0 spiro atoms. The normalized spacial score (nSPS) is 29.6. The van der Waals surface area contributed by atoms with Crippen molar-refractivity contribution in [1.29, 1.82) is 0 Å². The summed E-state index contributed by atoms with van der Waals surface area (Å²) < 4.78 is 13.3. The molecule has 0 aliphatic carbocycles. The van der Waals surface area contributed by atoms with Crippen molar-refractivity contribution < 1.29 is 9.18 Å². The molecule has 2 heterocycles. The predicted octanol–water partition coefficient (Wildman–Crippen LogP) is 3.08. The second kappa shape index (κ2) is 4.47. The van der Waals surface area contributed by atoms with Crippen LogP contribution in [-0.4, -0.2) is 22.8 Å². The molecule has 3 heteroatoms. The van der Waals surface area contributed by atoms with E-state index in [0.29, 0.717) is 30.7 Å². The number of carbonyl (C=O) groups is 1. The quantitative estimate of drug-likeness (QED) is 0.800. The van der Waals surface area contributed by atoms with Crippen molar-refractivity contribution in [2.45, 2.75) is 50.7 Å². The lowest BCUT2D eigenvalue weighted by Crippen LogP contribution is -2.44.